The van der Waals surface area contributed by atoms with Crippen LogP contribution in [0.4, 0.5) is 0 Å². The Morgan fingerprint density at radius 1 is 1.50 bits per heavy atom. The van der Waals surface area contributed by atoms with Gasteiger partial charge >= 0.3 is 0 Å². The summed E-state index contributed by atoms with van der Waals surface area (Å²) >= 11 is 5.42. The molecule has 4 heteroatoms. The number of rotatable bonds is 2. The van der Waals surface area contributed by atoms with Crippen molar-refractivity contribution in [3.63, 3.8) is 0 Å². The molecule has 12 heavy (non-hydrogen) atoms. The first-order valence-corrected chi connectivity index (χ1v) is 4.76. The zero-order chi connectivity index (χ0) is 8.97. The van der Waals surface area contributed by atoms with Crippen LogP contribution in [-0.4, -0.2) is 41.5 Å². The van der Waals surface area contributed by atoms with Gasteiger partial charge in [-0.1, -0.05) is 0 Å². The highest BCUT2D eigenvalue weighted by atomic mass is 35.5. The SMILES string of the molecule is O=C(CCl)N1CCC(CO)CC1. The lowest BCUT2D eigenvalue weighted by molar-refractivity contribution is -0.130. The summed E-state index contributed by atoms with van der Waals surface area (Å²) in [5.41, 5.74) is 0. The first kappa shape index (κ1) is 9.81. The lowest BCUT2D eigenvalue weighted by Crippen LogP contribution is -2.39. The van der Waals surface area contributed by atoms with E-state index >= 15 is 0 Å². The number of amides is 1. The first-order valence-electron chi connectivity index (χ1n) is 4.22. The van der Waals surface area contributed by atoms with E-state index in [1.54, 1.807) is 4.90 Å². The van der Waals surface area contributed by atoms with Gasteiger partial charge in [-0.2, -0.15) is 0 Å². The molecule has 0 aliphatic carbocycles. The minimum Gasteiger partial charge on any atom is -0.396 e. The van der Waals surface area contributed by atoms with Crippen LogP contribution in [0.5, 0.6) is 0 Å². The van der Waals surface area contributed by atoms with E-state index in [9.17, 15) is 4.79 Å². The molecule has 1 aliphatic heterocycles. The third-order valence-electron chi connectivity index (χ3n) is 2.34. The predicted molar refractivity (Wildman–Crippen MR) is 47.1 cm³/mol. The van der Waals surface area contributed by atoms with Crippen molar-refractivity contribution in [2.24, 2.45) is 5.92 Å². The molecule has 70 valence electrons. The van der Waals surface area contributed by atoms with Crippen LogP contribution in [0.3, 0.4) is 0 Å². The maximum absolute atomic E-state index is 11.1. The monoisotopic (exact) mass is 191 g/mol. The van der Waals surface area contributed by atoms with Crippen LogP contribution in [-0.2, 0) is 4.79 Å². The molecule has 1 rings (SSSR count). The summed E-state index contributed by atoms with van der Waals surface area (Å²) in [4.78, 5) is 12.9. The van der Waals surface area contributed by atoms with Gasteiger partial charge in [-0.05, 0) is 18.8 Å². The van der Waals surface area contributed by atoms with Crippen molar-refractivity contribution in [2.75, 3.05) is 25.6 Å². The molecule has 1 fully saturated rings. The Morgan fingerprint density at radius 3 is 2.50 bits per heavy atom. The zero-order valence-corrected chi connectivity index (χ0v) is 7.76. The van der Waals surface area contributed by atoms with Crippen molar-refractivity contribution in [1.82, 2.24) is 4.90 Å². The van der Waals surface area contributed by atoms with Crippen LogP contribution in [0.25, 0.3) is 0 Å². The van der Waals surface area contributed by atoms with E-state index in [-0.39, 0.29) is 18.4 Å². The van der Waals surface area contributed by atoms with Gasteiger partial charge in [0, 0.05) is 19.7 Å². The molecule has 0 aromatic heterocycles. The van der Waals surface area contributed by atoms with E-state index in [0.29, 0.717) is 5.92 Å². The smallest absolute Gasteiger partial charge is 0.237 e. The molecule has 0 spiro atoms. The van der Waals surface area contributed by atoms with Gasteiger partial charge in [-0.15, -0.1) is 11.6 Å². The second kappa shape index (κ2) is 4.67. The van der Waals surface area contributed by atoms with Crippen molar-refractivity contribution < 1.29 is 9.90 Å². The lowest BCUT2D eigenvalue weighted by Gasteiger charge is -2.30. The zero-order valence-electron chi connectivity index (χ0n) is 7.00. The normalized spacial score (nSPS) is 19.7. The number of hydrogen-bond donors (Lipinski definition) is 1. The Kier molecular flexibility index (Phi) is 3.82. The Morgan fingerprint density at radius 2 is 2.08 bits per heavy atom. The Hall–Kier alpha value is -0.280. The number of halogens is 1. The summed E-state index contributed by atoms with van der Waals surface area (Å²) in [5.74, 6) is 0.460. The van der Waals surface area contributed by atoms with Gasteiger partial charge in [0.1, 0.15) is 5.88 Å². The summed E-state index contributed by atoms with van der Waals surface area (Å²) in [7, 11) is 0. The van der Waals surface area contributed by atoms with Gasteiger partial charge in [0.2, 0.25) is 5.91 Å². The van der Waals surface area contributed by atoms with Crippen molar-refractivity contribution in [3.8, 4) is 0 Å². The summed E-state index contributed by atoms with van der Waals surface area (Å²) in [6.45, 7) is 1.73. The summed E-state index contributed by atoms with van der Waals surface area (Å²) in [6, 6.07) is 0. The van der Waals surface area contributed by atoms with Crippen LogP contribution < -0.4 is 0 Å². The van der Waals surface area contributed by atoms with Gasteiger partial charge in [-0.25, -0.2) is 0 Å². The van der Waals surface area contributed by atoms with E-state index in [0.717, 1.165) is 25.9 Å². The molecule has 3 nitrogen and oxygen atoms in total. The number of aliphatic hydroxyl groups is 1. The average molecular weight is 192 g/mol. The van der Waals surface area contributed by atoms with Gasteiger partial charge < -0.3 is 10.0 Å². The highest BCUT2D eigenvalue weighted by Crippen LogP contribution is 2.16. The molecule has 0 aromatic carbocycles. The Balaban J connectivity index is 2.30. The van der Waals surface area contributed by atoms with E-state index < -0.39 is 0 Å². The van der Waals surface area contributed by atoms with Gasteiger partial charge in [0.05, 0.1) is 0 Å². The molecule has 1 N–H and O–H groups in total. The van der Waals surface area contributed by atoms with Crippen LogP contribution in [0.1, 0.15) is 12.8 Å². The van der Waals surface area contributed by atoms with Crippen molar-refractivity contribution >= 4 is 17.5 Å². The molecule has 1 heterocycles. The minimum absolute atomic E-state index is 0.00746. The molecule has 0 unspecified atom stereocenters. The lowest BCUT2D eigenvalue weighted by atomic mass is 9.98. The molecule has 1 aliphatic rings. The standard InChI is InChI=1S/C8H14ClNO2/c9-5-8(12)10-3-1-7(6-11)2-4-10/h7,11H,1-6H2. The number of likely N-dealkylation sites (tertiary alicyclic amines) is 1. The molecular formula is C8H14ClNO2. The number of hydrogen-bond acceptors (Lipinski definition) is 2. The fraction of sp³-hybridized carbons (Fsp3) is 0.875. The molecular weight excluding hydrogens is 178 g/mol. The third kappa shape index (κ3) is 2.35. The van der Waals surface area contributed by atoms with Gasteiger partial charge in [0.25, 0.3) is 0 Å². The second-order valence-corrected chi connectivity index (χ2v) is 3.41. The van der Waals surface area contributed by atoms with Crippen LogP contribution in [0.15, 0.2) is 0 Å². The second-order valence-electron chi connectivity index (χ2n) is 3.14. The fourth-order valence-electron chi connectivity index (χ4n) is 1.45. The number of nitrogens with zero attached hydrogens (tertiary/aromatic N) is 1. The van der Waals surface area contributed by atoms with E-state index in [1.807, 2.05) is 0 Å². The van der Waals surface area contributed by atoms with Gasteiger partial charge in [0.15, 0.2) is 0 Å². The molecule has 0 bridgehead atoms. The highest BCUT2D eigenvalue weighted by molar-refractivity contribution is 6.27. The molecule has 0 aromatic rings. The fourth-order valence-corrected chi connectivity index (χ4v) is 1.62. The van der Waals surface area contributed by atoms with Crippen molar-refractivity contribution in [1.29, 1.82) is 0 Å². The van der Waals surface area contributed by atoms with Crippen molar-refractivity contribution in [2.45, 2.75) is 12.8 Å². The average Bonchev–Trinajstić information content (AvgIpc) is 2.17. The number of aliphatic hydroxyl groups excluding tert-OH is 1. The maximum atomic E-state index is 11.1. The number of piperidine rings is 1. The van der Waals surface area contributed by atoms with Crippen molar-refractivity contribution in [3.05, 3.63) is 0 Å². The topological polar surface area (TPSA) is 40.5 Å². The molecule has 1 amide bonds. The highest BCUT2D eigenvalue weighted by Gasteiger charge is 2.21. The molecule has 1 saturated heterocycles. The van der Waals surface area contributed by atoms with E-state index in [1.165, 1.54) is 0 Å². The summed E-state index contributed by atoms with van der Waals surface area (Å²) in [6.07, 6.45) is 1.80. The quantitative estimate of drug-likeness (QED) is 0.645. The Labute approximate surface area is 77.3 Å². The van der Waals surface area contributed by atoms with Crippen LogP contribution in [0.2, 0.25) is 0 Å². The summed E-state index contributed by atoms with van der Waals surface area (Å²) in [5, 5.41) is 8.84. The molecule has 0 atom stereocenters. The first-order chi connectivity index (χ1) is 5.77. The Bertz CT molecular complexity index is 155. The number of carbonyl (C=O) groups is 1. The predicted octanol–water partition coefficient (Wildman–Crippen LogP) is 0.456. The van der Waals surface area contributed by atoms with Gasteiger partial charge in [-0.3, -0.25) is 4.79 Å². The van der Waals surface area contributed by atoms with E-state index in [4.69, 9.17) is 16.7 Å². The number of alkyl halides is 1. The van der Waals surface area contributed by atoms with E-state index in [2.05, 4.69) is 0 Å². The largest absolute Gasteiger partial charge is 0.396 e. The molecule has 0 saturated carbocycles. The van der Waals surface area contributed by atoms with Crippen LogP contribution in [0, 0.1) is 5.92 Å². The molecule has 0 radical (unpaired) electrons. The third-order valence-corrected chi connectivity index (χ3v) is 2.57. The minimum atomic E-state index is 0.00746. The maximum Gasteiger partial charge on any atom is 0.237 e. The van der Waals surface area contributed by atoms with Crippen LogP contribution >= 0.6 is 11.6 Å². The summed E-state index contributed by atoms with van der Waals surface area (Å²) < 4.78 is 0. The number of carbonyl (C=O) groups excluding carboxylic acids is 1.